The lowest BCUT2D eigenvalue weighted by molar-refractivity contribution is -0.143. The van der Waals surface area contributed by atoms with E-state index in [2.05, 4.69) is 26.2 Å². The van der Waals surface area contributed by atoms with Gasteiger partial charge in [-0.2, -0.15) is 13.2 Å². The summed E-state index contributed by atoms with van der Waals surface area (Å²) in [5.41, 5.74) is -0.452. The largest absolute Gasteiger partial charge is 0.467 e. The van der Waals surface area contributed by atoms with E-state index in [-0.39, 0.29) is 12.8 Å². The summed E-state index contributed by atoms with van der Waals surface area (Å²) in [5.74, 6) is -4.94. The maximum atomic E-state index is 14.6. The van der Waals surface area contributed by atoms with Crippen LogP contribution in [-0.2, 0) is 16.0 Å². The highest BCUT2D eigenvalue weighted by Gasteiger charge is 2.38. The van der Waals surface area contributed by atoms with E-state index in [1.165, 1.54) is 13.1 Å². The molecule has 1 amide bonds. The predicted octanol–water partition coefficient (Wildman–Crippen LogP) is 4.64. The standard InChI is InChI=1S/C22H20BrF5N4O3/c1-3-17(22(26,27)28)30-11-8-14(24)18(15(25)9-11)20(33)31-16(21(34)35-2)10-12-4-5-13(23)19-29-6-7-32(12)19/h4-9,16-17,30H,3,10H2,1-2H3,(H,31,33)/t16-,17+/m0/s1. The third kappa shape index (κ3) is 5.89. The van der Waals surface area contributed by atoms with Crippen LogP contribution in [0.5, 0.6) is 0 Å². The van der Waals surface area contributed by atoms with E-state index in [1.54, 1.807) is 22.7 Å². The number of fused-ring (bicyclic) bond motifs is 1. The van der Waals surface area contributed by atoms with Crippen LogP contribution in [0, 0.1) is 11.6 Å². The molecule has 0 radical (unpaired) electrons. The first-order chi connectivity index (χ1) is 16.5. The summed E-state index contributed by atoms with van der Waals surface area (Å²) in [6, 6.07) is 1.16. The van der Waals surface area contributed by atoms with Crippen molar-refractivity contribution in [3.05, 3.63) is 64.0 Å². The Morgan fingerprint density at radius 3 is 2.43 bits per heavy atom. The van der Waals surface area contributed by atoms with Crippen LogP contribution in [0.25, 0.3) is 5.65 Å². The molecule has 2 atom stereocenters. The second kappa shape index (κ2) is 10.6. The minimum absolute atomic E-state index is 0.106. The average molecular weight is 563 g/mol. The number of imidazole rings is 1. The molecular weight excluding hydrogens is 543 g/mol. The van der Waals surface area contributed by atoms with Crippen LogP contribution in [0.4, 0.5) is 27.6 Å². The van der Waals surface area contributed by atoms with Gasteiger partial charge in [-0.05, 0) is 46.6 Å². The predicted molar refractivity (Wildman–Crippen MR) is 120 cm³/mol. The first-order valence-electron chi connectivity index (χ1n) is 10.3. The number of benzene rings is 1. The smallest absolute Gasteiger partial charge is 0.408 e. The number of hydrogen-bond donors (Lipinski definition) is 2. The van der Waals surface area contributed by atoms with Crippen LogP contribution in [0.1, 0.15) is 29.4 Å². The molecule has 0 saturated heterocycles. The number of halogens is 6. The molecule has 3 rings (SSSR count). The second-order valence-electron chi connectivity index (χ2n) is 7.51. The summed E-state index contributed by atoms with van der Waals surface area (Å²) >= 11 is 3.35. The lowest BCUT2D eigenvalue weighted by Gasteiger charge is -2.22. The quantitative estimate of drug-likeness (QED) is 0.308. The molecule has 7 nitrogen and oxygen atoms in total. The molecule has 2 N–H and O–H groups in total. The average Bonchev–Trinajstić information content (AvgIpc) is 3.28. The SMILES string of the molecule is CC[C@@H](Nc1cc(F)c(C(=O)N[C@@H](Cc2ccc(Br)c3nccn23)C(=O)OC)c(F)c1)C(F)(F)F. The molecule has 3 aromatic rings. The molecule has 0 aliphatic heterocycles. The van der Waals surface area contributed by atoms with Crippen molar-refractivity contribution in [2.45, 2.75) is 38.0 Å². The van der Waals surface area contributed by atoms with Gasteiger partial charge in [0.05, 0.1) is 11.6 Å². The van der Waals surface area contributed by atoms with Crippen LogP contribution < -0.4 is 10.6 Å². The molecule has 2 aromatic heterocycles. The van der Waals surface area contributed by atoms with Crippen LogP contribution in [0.3, 0.4) is 0 Å². The monoisotopic (exact) mass is 562 g/mol. The van der Waals surface area contributed by atoms with Crippen molar-refractivity contribution in [3.63, 3.8) is 0 Å². The highest BCUT2D eigenvalue weighted by Crippen LogP contribution is 2.28. The van der Waals surface area contributed by atoms with E-state index >= 15 is 0 Å². The summed E-state index contributed by atoms with van der Waals surface area (Å²) in [6.07, 6.45) is -1.97. The van der Waals surface area contributed by atoms with Gasteiger partial charge in [-0.3, -0.25) is 4.79 Å². The van der Waals surface area contributed by atoms with Gasteiger partial charge in [0.15, 0.2) is 5.65 Å². The third-order valence-electron chi connectivity index (χ3n) is 5.20. The van der Waals surface area contributed by atoms with Gasteiger partial charge < -0.3 is 19.8 Å². The minimum Gasteiger partial charge on any atom is -0.467 e. The fraction of sp³-hybridized carbons (Fsp3) is 0.318. The van der Waals surface area contributed by atoms with E-state index in [9.17, 15) is 31.5 Å². The number of carbonyl (C=O) groups excluding carboxylic acids is 2. The van der Waals surface area contributed by atoms with Crippen molar-refractivity contribution >= 4 is 39.1 Å². The van der Waals surface area contributed by atoms with Crippen LogP contribution in [0.2, 0.25) is 0 Å². The Kier molecular flexibility index (Phi) is 7.98. The van der Waals surface area contributed by atoms with E-state index in [0.29, 0.717) is 27.9 Å². The molecule has 35 heavy (non-hydrogen) atoms. The van der Waals surface area contributed by atoms with Gasteiger partial charge in [0.25, 0.3) is 5.91 Å². The summed E-state index contributed by atoms with van der Waals surface area (Å²) in [6.45, 7) is 1.26. The zero-order valence-electron chi connectivity index (χ0n) is 18.4. The summed E-state index contributed by atoms with van der Waals surface area (Å²) in [5, 5.41) is 4.25. The zero-order chi connectivity index (χ0) is 25.9. The van der Waals surface area contributed by atoms with Gasteiger partial charge in [-0.15, -0.1) is 0 Å². The topological polar surface area (TPSA) is 84.7 Å². The maximum absolute atomic E-state index is 14.6. The van der Waals surface area contributed by atoms with E-state index < -0.39 is 53.0 Å². The molecule has 188 valence electrons. The van der Waals surface area contributed by atoms with Crippen molar-refractivity contribution in [3.8, 4) is 0 Å². The zero-order valence-corrected chi connectivity index (χ0v) is 20.0. The Hall–Kier alpha value is -3.22. The normalized spacial score (nSPS) is 13.4. The van der Waals surface area contributed by atoms with Gasteiger partial charge in [-0.1, -0.05) is 6.92 Å². The lowest BCUT2D eigenvalue weighted by Crippen LogP contribution is -2.44. The summed E-state index contributed by atoms with van der Waals surface area (Å²) in [7, 11) is 1.09. The first-order valence-corrected chi connectivity index (χ1v) is 11.1. The Balaban J connectivity index is 1.85. The number of esters is 1. The molecule has 2 heterocycles. The van der Waals surface area contributed by atoms with E-state index in [1.807, 2.05) is 5.32 Å². The van der Waals surface area contributed by atoms with E-state index in [4.69, 9.17) is 4.74 Å². The number of hydrogen-bond acceptors (Lipinski definition) is 5. The van der Waals surface area contributed by atoms with Gasteiger partial charge in [0.2, 0.25) is 0 Å². The number of anilines is 1. The van der Waals surface area contributed by atoms with Gasteiger partial charge in [0.1, 0.15) is 29.3 Å². The highest BCUT2D eigenvalue weighted by atomic mass is 79.9. The molecule has 0 saturated carbocycles. The van der Waals surface area contributed by atoms with Crippen molar-refractivity contribution in [1.29, 1.82) is 0 Å². The van der Waals surface area contributed by atoms with Crippen molar-refractivity contribution < 1.29 is 36.3 Å². The number of nitrogens with one attached hydrogen (secondary N) is 2. The third-order valence-corrected chi connectivity index (χ3v) is 5.82. The van der Waals surface area contributed by atoms with Crippen molar-refractivity contribution in [2.24, 2.45) is 0 Å². The molecule has 0 fully saturated rings. The summed E-state index contributed by atoms with van der Waals surface area (Å²) < 4.78 is 75.2. The van der Waals surface area contributed by atoms with Crippen LogP contribution in [-0.4, -0.2) is 46.6 Å². The molecule has 1 aromatic carbocycles. The highest BCUT2D eigenvalue weighted by molar-refractivity contribution is 9.10. The number of rotatable bonds is 8. The van der Waals surface area contributed by atoms with Crippen LogP contribution in [0.15, 0.2) is 41.1 Å². The summed E-state index contributed by atoms with van der Waals surface area (Å²) in [4.78, 5) is 29.2. The lowest BCUT2D eigenvalue weighted by atomic mass is 10.1. The Morgan fingerprint density at radius 1 is 1.20 bits per heavy atom. The number of aromatic nitrogens is 2. The number of carbonyl (C=O) groups is 2. The Morgan fingerprint density at radius 2 is 1.86 bits per heavy atom. The number of alkyl halides is 3. The van der Waals surface area contributed by atoms with E-state index in [0.717, 1.165) is 7.11 Å². The molecule has 0 aliphatic rings. The van der Waals surface area contributed by atoms with Crippen molar-refractivity contribution in [2.75, 3.05) is 12.4 Å². The molecular formula is C22H20BrF5N4O3. The molecule has 13 heteroatoms. The van der Waals surface area contributed by atoms with Crippen molar-refractivity contribution in [1.82, 2.24) is 14.7 Å². The Bertz CT molecular complexity index is 1220. The molecule has 0 aliphatic carbocycles. The molecule has 0 unspecified atom stereocenters. The second-order valence-corrected chi connectivity index (χ2v) is 8.36. The fourth-order valence-corrected chi connectivity index (χ4v) is 3.89. The minimum atomic E-state index is -4.64. The number of ether oxygens (including phenoxy) is 1. The van der Waals surface area contributed by atoms with Gasteiger partial charge in [0, 0.05) is 30.2 Å². The fourth-order valence-electron chi connectivity index (χ4n) is 3.47. The number of nitrogens with zero attached hydrogens (tertiary/aromatic N) is 2. The maximum Gasteiger partial charge on any atom is 0.408 e. The molecule has 0 bridgehead atoms. The number of amides is 1. The first kappa shape index (κ1) is 26.4. The Labute approximate surface area is 204 Å². The number of pyridine rings is 1. The van der Waals surface area contributed by atoms with Crippen LogP contribution >= 0.6 is 15.9 Å². The number of methoxy groups -OCH3 is 1. The van der Waals surface area contributed by atoms with Gasteiger partial charge in [-0.25, -0.2) is 18.6 Å². The molecule has 0 spiro atoms. The van der Waals surface area contributed by atoms with Gasteiger partial charge >= 0.3 is 12.1 Å².